The molecule has 6 heteroatoms. The smallest absolute Gasteiger partial charge is 0.247 e. The van der Waals surface area contributed by atoms with Crippen molar-refractivity contribution < 1.29 is 8.94 Å². The van der Waals surface area contributed by atoms with E-state index in [9.17, 15) is 0 Å². The molecule has 0 atom stereocenters. The molecule has 0 saturated heterocycles. The molecule has 0 amide bonds. The molecular formula is C12H16ClN3O2. The van der Waals surface area contributed by atoms with E-state index in [1.54, 1.807) is 18.4 Å². The first-order valence-electron chi connectivity index (χ1n) is 5.95. The van der Waals surface area contributed by atoms with Gasteiger partial charge < -0.3 is 14.7 Å². The molecule has 2 aromatic heterocycles. The number of hydrogen-bond donors (Lipinski definition) is 1. The third-order valence-electron chi connectivity index (χ3n) is 3.34. The average Bonchev–Trinajstić information content (AvgIpc) is 3.01. The van der Waals surface area contributed by atoms with Crippen LogP contribution in [0.1, 0.15) is 38.0 Å². The largest absolute Gasteiger partial charge is 0.461 e. The molecule has 0 aromatic carbocycles. The van der Waals surface area contributed by atoms with Crippen LogP contribution in [0.3, 0.4) is 0 Å². The predicted molar refractivity (Wildman–Crippen MR) is 68.2 cm³/mol. The Kier molecular flexibility index (Phi) is 3.73. The molecule has 2 N–H and O–H groups in total. The topological polar surface area (TPSA) is 78.1 Å². The van der Waals surface area contributed by atoms with Crippen LogP contribution in [0.2, 0.25) is 0 Å². The van der Waals surface area contributed by atoms with E-state index >= 15 is 0 Å². The van der Waals surface area contributed by atoms with E-state index in [-0.39, 0.29) is 12.4 Å². The zero-order chi connectivity index (χ0) is 11.7. The van der Waals surface area contributed by atoms with Crippen molar-refractivity contribution in [3.05, 3.63) is 24.3 Å². The summed E-state index contributed by atoms with van der Waals surface area (Å²) in [6.07, 6.45) is 6.88. The second-order valence-electron chi connectivity index (χ2n) is 4.62. The van der Waals surface area contributed by atoms with Crippen LogP contribution in [-0.4, -0.2) is 10.1 Å². The quantitative estimate of drug-likeness (QED) is 0.907. The lowest BCUT2D eigenvalue weighted by Crippen LogP contribution is -2.38. The van der Waals surface area contributed by atoms with Crippen LogP contribution in [0.4, 0.5) is 0 Å². The van der Waals surface area contributed by atoms with Crippen LogP contribution in [0, 0.1) is 0 Å². The Balaban J connectivity index is 0.00000120. The van der Waals surface area contributed by atoms with E-state index < -0.39 is 5.54 Å². The molecule has 0 aliphatic heterocycles. The number of rotatable bonds is 2. The number of nitrogens with zero attached hydrogens (tertiary/aromatic N) is 2. The zero-order valence-corrected chi connectivity index (χ0v) is 10.8. The number of nitrogens with two attached hydrogens (primary N) is 1. The zero-order valence-electron chi connectivity index (χ0n) is 9.96. The highest BCUT2D eigenvalue weighted by atomic mass is 35.5. The summed E-state index contributed by atoms with van der Waals surface area (Å²) < 4.78 is 10.5. The summed E-state index contributed by atoms with van der Waals surface area (Å²) in [5.41, 5.74) is 5.87. The van der Waals surface area contributed by atoms with Gasteiger partial charge in [0.15, 0.2) is 5.76 Å². The SMILES string of the molecule is Cl.NC1(c2nc(-c3ccco3)no2)CCCCC1. The summed E-state index contributed by atoms with van der Waals surface area (Å²) in [7, 11) is 0. The van der Waals surface area contributed by atoms with Crippen molar-refractivity contribution in [2.24, 2.45) is 5.73 Å². The molecule has 1 fully saturated rings. The Hall–Kier alpha value is -1.33. The van der Waals surface area contributed by atoms with Gasteiger partial charge in [-0.15, -0.1) is 12.4 Å². The Morgan fingerprint density at radius 2 is 2.00 bits per heavy atom. The molecule has 2 aromatic rings. The molecule has 0 radical (unpaired) electrons. The van der Waals surface area contributed by atoms with Crippen LogP contribution < -0.4 is 5.73 Å². The molecule has 5 nitrogen and oxygen atoms in total. The molecule has 1 saturated carbocycles. The lowest BCUT2D eigenvalue weighted by atomic mass is 9.82. The molecule has 1 aliphatic rings. The Bertz CT molecular complexity index is 489. The van der Waals surface area contributed by atoms with Crippen LogP contribution in [-0.2, 0) is 5.54 Å². The minimum Gasteiger partial charge on any atom is -0.461 e. The summed E-state index contributed by atoms with van der Waals surface area (Å²) in [5, 5.41) is 3.92. The summed E-state index contributed by atoms with van der Waals surface area (Å²) in [6, 6.07) is 3.60. The molecule has 18 heavy (non-hydrogen) atoms. The summed E-state index contributed by atoms with van der Waals surface area (Å²) in [5.74, 6) is 1.61. The second kappa shape index (κ2) is 5.12. The van der Waals surface area contributed by atoms with Gasteiger partial charge in [0.1, 0.15) is 0 Å². The fraction of sp³-hybridized carbons (Fsp3) is 0.500. The maximum atomic E-state index is 6.32. The van der Waals surface area contributed by atoms with E-state index in [2.05, 4.69) is 10.1 Å². The van der Waals surface area contributed by atoms with Gasteiger partial charge in [0.05, 0.1) is 11.8 Å². The van der Waals surface area contributed by atoms with Crippen molar-refractivity contribution in [1.82, 2.24) is 10.1 Å². The van der Waals surface area contributed by atoms with E-state index in [1.165, 1.54) is 6.42 Å². The van der Waals surface area contributed by atoms with Gasteiger partial charge >= 0.3 is 0 Å². The highest BCUT2D eigenvalue weighted by Gasteiger charge is 2.35. The van der Waals surface area contributed by atoms with Crippen molar-refractivity contribution in [3.63, 3.8) is 0 Å². The minimum atomic E-state index is -0.448. The van der Waals surface area contributed by atoms with E-state index in [4.69, 9.17) is 14.7 Å². The standard InChI is InChI=1S/C12H15N3O2.ClH/c13-12(6-2-1-3-7-12)11-14-10(15-17-11)9-5-4-8-16-9;/h4-5,8H,1-3,6-7,13H2;1H. The van der Waals surface area contributed by atoms with E-state index in [1.807, 2.05) is 0 Å². The molecule has 3 rings (SSSR count). The molecule has 0 unspecified atom stereocenters. The lowest BCUT2D eigenvalue weighted by molar-refractivity contribution is 0.220. The molecule has 1 aliphatic carbocycles. The van der Waals surface area contributed by atoms with Gasteiger partial charge in [0, 0.05) is 0 Å². The summed E-state index contributed by atoms with van der Waals surface area (Å²) in [4.78, 5) is 4.35. The minimum absolute atomic E-state index is 0. The van der Waals surface area contributed by atoms with Crippen molar-refractivity contribution >= 4 is 12.4 Å². The van der Waals surface area contributed by atoms with Crippen LogP contribution in [0.5, 0.6) is 0 Å². The molecule has 98 valence electrons. The first-order chi connectivity index (χ1) is 8.28. The number of aromatic nitrogens is 2. The molecule has 0 bridgehead atoms. The maximum Gasteiger partial charge on any atom is 0.247 e. The monoisotopic (exact) mass is 269 g/mol. The highest BCUT2D eigenvalue weighted by molar-refractivity contribution is 5.85. The van der Waals surface area contributed by atoms with Crippen molar-refractivity contribution in [2.75, 3.05) is 0 Å². The number of halogens is 1. The number of hydrogen-bond acceptors (Lipinski definition) is 5. The fourth-order valence-corrected chi connectivity index (χ4v) is 2.33. The third-order valence-corrected chi connectivity index (χ3v) is 3.34. The van der Waals surface area contributed by atoms with Crippen LogP contribution in [0.25, 0.3) is 11.6 Å². The van der Waals surface area contributed by atoms with Gasteiger partial charge in [-0.05, 0) is 25.0 Å². The second-order valence-corrected chi connectivity index (χ2v) is 4.62. The maximum absolute atomic E-state index is 6.32. The summed E-state index contributed by atoms with van der Waals surface area (Å²) in [6.45, 7) is 0. The van der Waals surface area contributed by atoms with Gasteiger partial charge in [-0.3, -0.25) is 0 Å². The van der Waals surface area contributed by atoms with Gasteiger partial charge in [0.2, 0.25) is 11.7 Å². The third kappa shape index (κ3) is 2.28. The lowest BCUT2D eigenvalue weighted by Gasteiger charge is -2.29. The first kappa shape index (κ1) is 13.1. The molecular weight excluding hydrogens is 254 g/mol. The Morgan fingerprint density at radius 1 is 1.22 bits per heavy atom. The van der Waals surface area contributed by atoms with Crippen molar-refractivity contribution in [3.8, 4) is 11.6 Å². The number of furan rings is 1. The van der Waals surface area contributed by atoms with Crippen LogP contribution >= 0.6 is 12.4 Å². The highest BCUT2D eigenvalue weighted by Crippen LogP contribution is 2.34. The molecule has 2 heterocycles. The first-order valence-corrected chi connectivity index (χ1v) is 5.95. The Labute approximate surface area is 111 Å². The molecule has 0 spiro atoms. The predicted octanol–water partition coefficient (Wildman–Crippen LogP) is 2.87. The summed E-state index contributed by atoms with van der Waals surface area (Å²) >= 11 is 0. The van der Waals surface area contributed by atoms with E-state index in [0.717, 1.165) is 25.7 Å². The fourth-order valence-electron chi connectivity index (χ4n) is 2.33. The van der Waals surface area contributed by atoms with Crippen molar-refractivity contribution in [1.29, 1.82) is 0 Å². The van der Waals surface area contributed by atoms with Crippen LogP contribution in [0.15, 0.2) is 27.3 Å². The Morgan fingerprint density at radius 3 is 2.67 bits per heavy atom. The van der Waals surface area contributed by atoms with Gasteiger partial charge in [-0.25, -0.2) is 0 Å². The van der Waals surface area contributed by atoms with E-state index in [0.29, 0.717) is 17.5 Å². The normalized spacial score (nSPS) is 18.3. The van der Waals surface area contributed by atoms with Gasteiger partial charge in [-0.1, -0.05) is 24.4 Å². The van der Waals surface area contributed by atoms with Crippen molar-refractivity contribution in [2.45, 2.75) is 37.6 Å². The van der Waals surface area contributed by atoms with Gasteiger partial charge in [0.25, 0.3) is 0 Å². The van der Waals surface area contributed by atoms with Gasteiger partial charge in [-0.2, -0.15) is 4.98 Å². The average molecular weight is 270 g/mol.